The maximum atomic E-state index is 11.8. The second-order valence-electron chi connectivity index (χ2n) is 5.13. The molecule has 17 heavy (non-hydrogen) atoms. The average molecular weight is 261 g/mol. The molecule has 4 nitrogen and oxygen atoms in total. The number of hydrogen-bond acceptors (Lipinski definition) is 3. The molecule has 2 fully saturated rings. The van der Waals surface area contributed by atoms with Gasteiger partial charge in [0.05, 0.1) is 12.7 Å². The normalized spacial score (nSPS) is 25.9. The van der Waals surface area contributed by atoms with E-state index in [1.165, 1.54) is 12.8 Å². The van der Waals surface area contributed by atoms with Crippen molar-refractivity contribution in [2.75, 3.05) is 45.7 Å². The molecule has 0 spiro atoms. The lowest BCUT2D eigenvalue weighted by atomic mass is 10.2. The van der Waals surface area contributed by atoms with Crippen LogP contribution >= 0.6 is 11.6 Å². The molecule has 2 rings (SSSR count). The number of alkyl halides is 1. The van der Waals surface area contributed by atoms with Crippen molar-refractivity contribution in [1.82, 2.24) is 9.80 Å². The molecule has 1 amide bonds. The van der Waals surface area contributed by atoms with Crippen molar-refractivity contribution in [1.29, 1.82) is 0 Å². The minimum absolute atomic E-state index is 0.0374. The van der Waals surface area contributed by atoms with Gasteiger partial charge in [0.1, 0.15) is 5.88 Å². The van der Waals surface area contributed by atoms with Crippen molar-refractivity contribution >= 4 is 17.5 Å². The zero-order valence-electron chi connectivity index (χ0n) is 10.4. The van der Waals surface area contributed by atoms with Gasteiger partial charge in [-0.25, -0.2) is 0 Å². The van der Waals surface area contributed by atoms with E-state index in [9.17, 15) is 4.79 Å². The van der Waals surface area contributed by atoms with Gasteiger partial charge in [0, 0.05) is 26.2 Å². The van der Waals surface area contributed by atoms with Crippen LogP contribution in [0.3, 0.4) is 0 Å². The van der Waals surface area contributed by atoms with E-state index in [1.807, 2.05) is 4.90 Å². The van der Waals surface area contributed by atoms with Gasteiger partial charge in [0.2, 0.25) is 5.91 Å². The smallest absolute Gasteiger partial charge is 0.237 e. The summed E-state index contributed by atoms with van der Waals surface area (Å²) in [5.41, 5.74) is 0. The second-order valence-corrected chi connectivity index (χ2v) is 5.40. The number of likely N-dealkylation sites (N-methyl/N-ethyl adjacent to an activating group) is 1. The molecular weight excluding hydrogens is 240 g/mol. The number of nitrogens with zero attached hydrogens (tertiary/aromatic N) is 2. The first-order valence-corrected chi connectivity index (χ1v) is 6.86. The van der Waals surface area contributed by atoms with E-state index < -0.39 is 0 Å². The first-order chi connectivity index (χ1) is 8.19. The molecule has 0 aromatic heterocycles. The van der Waals surface area contributed by atoms with Crippen LogP contribution in [-0.2, 0) is 9.53 Å². The van der Waals surface area contributed by atoms with Crippen LogP contribution in [0.25, 0.3) is 0 Å². The molecule has 1 heterocycles. The van der Waals surface area contributed by atoms with Gasteiger partial charge >= 0.3 is 0 Å². The molecule has 98 valence electrons. The third kappa shape index (κ3) is 4.12. The van der Waals surface area contributed by atoms with Crippen LogP contribution in [-0.4, -0.2) is 67.5 Å². The standard InChI is InChI=1S/C12H21ClN2O2/c1-14-4-5-17-11(8-14)9-15(12(16)6-13)7-10-2-3-10/h10-11H,2-9H2,1H3. The summed E-state index contributed by atoms with van der Waals surface area (Å²) in [6.45, 7) is 4.17. The molecular formula is C12H21ClN2O2. The van der Waals surface area contributed by atoms with Crippen LogP contribution in [0, 0.1) is 5.92 Å². The third-order valence-electron chi connectivity index (χ3n) is 3.41. The molecule has 1 saturated heterocycles. The Morgan fingerprint density at radius 1 is 1.47 bits per heavy atom. The molecule has 1 atom stereocenters. The van der Waals surface area contributed by atoms with Crippen LogP contribution in [0.5, 0.6) is 0 Å². The average Bonchev–Trinajstić information content (AvgIpc) is 3.11. The highest BCUT2D eigenvalue weighted by Gasteiger charge is 2.29. The molecule has 1 unspecified atom stereocenters. The van der Waals surface area contributed by atoms with E-state index in [0.29, 0.717) is 12.5 Å². The van der Waals surface area contributed by atoms with E-state index in [-0.39, 0.29) is 17.9 Å². The SMILES string of the molecule is CN1CCOC(CN(CC2CC2)C(=O)CCl)C1. The van der Waals surface area contributed by atoms with Crippen molar-refractivity contribution in [2.45, 2.75) is 18.9 Å². The molecule has 0 radical (unpaired) electrons. The highest BCUT2D eigenvalue weighted by atomic mass is 35.5. The summed E-state index contributed by atoms with van der Waals surface area (Å²) in [6, 6.07) is 0. The first-order valence-electron chi connectivity index (χ1n) is 6.33. The minimum Gasteiger partial charge on any atom is -0.374 e. The van der Waals surface area contributed by atoms with Crippen molar-refractivity contribution < 1.29 is 9.53 Å². The van der Waals surface area contributed by atoms with Crippen molar-refractivity contribution in [3.05, 3.63) is 0 Å². The third-order valence-corrected chi connectivity index (χ3v) is 3.64. The first kappa shape index (κ1) is 13.1. The number of carbonyl (C=O) groups is 1. The van der Waals surface area contributed by atoms with E-state index in [0.717, 1.165) is 26.2 Å². The Morgan fingerprint density at radius 2 is 2.24 bits per heavy atom. The number of rotatable bonds is 5. The van der Waals surface area contributed by atoms with Gasteiger partial charge in [-0.05, 0) is 25.8 Å². The Hall–Kier alpha value is -0.320. The number of morpholine rings is 1. The Balaban J connectivity index is 1.84. The second kappa shape index (κ2) is 6.03. The van der Waals surface area contributed by atoms with Crippen LogP contribution in [0.4, 0.5) is 0 Å². The zero-order chi connectivity index (χ0) is 12.3. The number of carbonyl (C=O) groups excluding carboxylic acids is 1. The molecule has 0 aromatic carbocycles. The fourth-order valence-electron chi connectivity index (χ4n) is 2.20. The monoisotopic (exact) mass is 260 g/mol. The number of amides is 1. The van der Waals surface area contributed by atoms with Crippen LogP contribution in [0.2, 0.25) is 0 Å². The van der Waals surface area contributed by atoms with Crippen LogP contribution in [0.1, 0.15) is 12.8 Å². The van der Waals surface area contributed by atoms with Crippen LogP contribution < -0.4 is 0 Å². The van der Waals surface area contributed by atoms with E-state index in [4.69, 9.17) is 16.3 Å². The lowest BCUT2D eigenvalue weighted by Gasteiger charge is -2.33. The molecule has 2 aliphatic rings. The summed E-state index contributed by atoms with van der Waals surface area (Å²) in [5.74, 6) is 0.814. The number of halogens is 1. The molecule has 5 heteroatoms. The molecule has 1 aliphatic heterocycles. The number of hydrogen-bond donors (Lipinski definition) is 0. The summed E-state index contributed by atoms with van der Waals surface area (Å²) in [4.78, 5) is 15.9. The molecule has 1 saturated carbocycles. The fourth-order valence-corrected chi connectivity index (χ4v) is 2.37. The summed E-state index contributed by atoms with van der Waals surface area (Å²) in [5, 5.41) is 0. The lowest BCUT2D eigenvalue weighted by Crippen LogP contribution is -2.48. The van der Waals surface area contributed by atoms with E-state index in [1.54, 1.807) is 0 Å². The zero-order valence-corrected chi connectivity index (χ0v) is 11.2. The highest BCUT2D eigenvalue weighted by molar-refractivity contribution is 6.27. The molecule has 0 N–H and O–H groups in total. The topological polar surface area (TPSA) is 32.8 Å². The summed E-state index contributed by atoms with van der Waals surface area (Å²) in [6.07, 6.45) is 2.63. The van der Waals surface area contributed by atoms with Gasteiger partial charge in [-0.2, -0.15) is 0 Å². The Kier molecular flexibility index (Phi) is 4.65. The van der Waals surface area contributed by atoms with Crippen LogP contribution in [0.15, 0.2) is 0 Å². The lowest BCUT2D eigenvalue weighted by molar-refractivity contribution is -0.132. The van der Waals surface area contributed by atoms with Gasteiger partial charge in [-0.15, -0.1) is 11.6 Å². The van der Waals surface area contributed by atoms with Gasteiger partial charge in [-0.3, -0.25) is 4.79 Å². The van der Waals surface area contributed by atoms with Gasteiger partial charge < -0.3 is 14.5 Å². The summed E-state index contributed by atoms with van der Waals surface area (Å²) >= 11 is 5.65. The fraction of sp³-hybridized carbons (Fsp3) is 0.917. The van der Waals surface area contributed by atoms with Gasteiger partial charge in [0.15, 0.2) is 0 Å². The van der Waals surface area contributed by atoms with E-state index >= 15 is 0 Å². The summed E-state index contributed by atoms with van der Waals surface area (Å²) < 4.78 is 5.70. The Morgan fingerprint density at radius 3 is 2.82 bits per heavy atom. The van der Waals surface area contributed by atoms with Crippen molar-refractivity contribution in [2.24, 2.45) is 5.92 Å². The van der Waals surface area contributed by atoms with E-state index in [2.05, 4.69) is 11.9 Å². The predicted octanol–water partition coefficient (Wildman–Crippen LogP) is 0.794. The largest absolute Gasteiger partial charge is 0.374 e. The van der Waals surface area contributed by atoms with Gasteiger partial charge in [-0.1, -0.05) is 0 Å². The van der Waals surface area contributed by atoms with Crippen molar-refractivity contribution in [3.8, 4) is 0 Å². The predicted molar refractivity (Wildman–Crippen MR) is 67.3 cm³/mol. The summed E-state index contributed by atoms with van der Waals surface area (Å²) in [7, 11) is 2.09. The quantitative estimate of drug-likeness (QED) is 0.686. The Bertz CT molecular complexity index is 271. The molecule has 0 bridgehead atoms. The highest BCUT2D eigenvalue weighted by Crippen LogP contribution is 2.30. The maximum absolute atomic E-state index is 11.8. The Labute approximate surface area is 108 Å². The van der Waals surface area contributed by atoms with Gasteiger partial charge in [0.25, 0.3) is 0 Å². The van der Waals surface area contributed by atoms with Crippen molar-refractivity contribution in [3.63, 3.8) is 0 Å². The number of ether oxygens (including phenoxy) is 1. The molecule has 0 aromatic rings. The maximum Gasteiger partial charge on any atom is 0.237 e. The molecule has 1 aliphatic carbocycles. The minimum atomic E-state index is 0.0374.